The monoisotopic (exact) mass is 236 g/mol. The number of hydrogen-bond donors (Lipinski definition) is 0. The van der Waals surface area contributed by atoms with Crippen molar-refractivity contribution in [3.05, 3.63) is 40.7 Å². The molecule has 0 spiro atoms. The number of amides is 1. The van der Waals surface area contributed by atoms with Crippen LogP contribution < -0.4 is 0 Å². The van der Waals surface area contributed by atoms with Crippen molar-refractivity contribution in [2.75, 3.05) is 13.1 Å². The Bertz CT molecular complexity index is 442. The summed E-state index contributed by atoms with van der Waals surface area (Å²) in [6.45, 7) is 3.49. The Balaban J connectivity index is 2.20. The van der Waals surface area contributed by atoms with Crippen LogP contribution in [0.1, 0.15) is 23.7 Å². The predicted molar refractivity (Wildman–Crippen MR) is 63.5 cm³/mol. The van der Waals surface area contributed by atoms with Gasteiger partial charge in [0.05, 0.1) is 10.6 Å². The number of nitrogens with zero attached hydrogens (tertiary/aromatic N) is 2. The molecule has 2 heterocycles. The van der Waals surface area contributed by atoms with Crippen molar-refractivity contribution in [3.8, 4) is 0 Å². The van der Waals surface area contributed by atoms with Crippen molar-refractivity contribution < 1.29 is 4.79 Å². The molecule has 2 rings (SSSR count). The second kappa shape index (κ2) is 4.66. The Morgan fingerprint density at radius 1 is 1.56 bits per heavy atom. The van der Waals surface area contributed by atoms with Crippen LogP contribution in [0, 0.1) is 0 Å². The average molecular weight is 237 g/mol. The fourth-order valence-electron chi connectivity index (χ4n) is 1.80. The molecule has 0 bridgehead atoms. The number of hydrogen-bond acceptors (Lipinski definition) is 2. The van der Waals surface area contributed by atoms with E-state index < -0.39 is 0 Å². The highest BCUT2D eigenvalue weighted by Crippen LogP contribution is 2.18. The highest BCUT2D eigenvalue weighted by molar-refractivity contribution is 6.33. The maximum Gasteiger partial charge on any atom is 0.255 e. The van der Waals surface area contributed by atoms with Crippen molar-refractivity contribution >= 4 is 17.5 Å². The Kier molecular flexibility index (Phi) is 3.25. The van der Waals surface area contributed by atoms with Crippen LogP contribution in [-0.4, -0.2) is 28.9 Å². The molecule has 84 valence electrons. The molecule has 1 aromatic rings. The van der Waals surface area contributed by atoms with Crippen molar-refractivity contribution in [1.29, 1.82) is 0 Å². The normalized spacial score (nSPS) is 15.9. The molecule has 0 saturated heterocycles. The number of pyridine rings is 1. The first-order chi connectivity index (χ1) is 7.68. The summed E-state index contributed by atoms with van der Waals surface area (Å²) in [5.41, 5.74) is 1.76. The van der Waals surface area contributed by atoms with Crippen molar-refractivity contribution in [2.45, 2.75) is 13.3 Å². The zero-order valence-corrected chi connectivity index (χ0v) is 9.87. The first kappa shape index (κ1) is 11.1. The van der Waals surface area contributed by atoms with Crippen LogP contribution >= 0.6 is 11.6 Å². The molecule has 3 nitrogen and oxygen atoms in total. The zero-order chi connectivity index (χ0) is 11.5. The lowest BCUT2D eigenvalue weighted by molar-refractivity contribution is 0.0766. The third-order valence-electron chi connectivity index (χ3n) is 2.62. The van der Waals surface area contributed by atoms with Crippen LogP contribution in [-0.2, 0) is 0 Å². The lowest BCUT2D eigenvalue weighted by Crippen LogP contribution is -2.35. The lowest BCUT2D eigenvalue weighted by atomic mass is 10.1. The second-order valence-electron chi connectivity index (χ2n) is 3.92. The van der Waals surface area contributed by atoms with Gasteiger partial charge in [-0.15, -0.1) is 0 Å². The van der Waals surface area contributed by atoms with E-state index in [1.165, 1.54) is 11.8 Å². The largest absolute Gasteiger partial charge is 0.334 e. The number of carbonyl (C=O) groups excluding carboxylic acids is 1. The molecule has 0 radical (unpaired) electrons. The van der Waals surface area contributed by atoms with Crippen LogP contribution in [0.2, 0.25) is 5.02 Å². The molecule has 0 unspecified atom stereocenters. The summed E-state index contributed by atoms with van der Waals surface area (Å²) in [5.74, 6) is -0.0140. The molecule has 1 amide bonds. The van der Waals surface area contributed by atoms with Crippen LogP contribution in [0.4, 0.5) is 0 Å². The predicted octanol–water partition coefficient (Wildman–Crippen LogP) is 2.53. The van der Waals surface area contributed by atoms with Gasteiger partial charge in [0.1, 0.15) is 0 Å². The molecular formula is C12H13ClN2O. The Morgan fingerprint density at radius 2 is 2.38 bits per heavy atom. The molecular weight excluding hydrogens is 224 g/mol. The molecule has 1 aromatic heterocycles. The van der Waals surface area contributed by atoms with E-state index in [1.54, 1.807) is 12.3 Å². The van der Waals surface area contributed by atoms with Crippen molar-refractivity contribution in [3.63, 3.8) is 0 Å². The minimum atomic E-state index is -0.0140. The van der Waals surface area contributed by atoms with E-state index in [-0.39, 0.29) is 5.91 Å². The van der Waals surface area contributed by atoms with E-state index in [4.69, 9.17) is 11.6 Å². The van der Waals surface area contributed by atoms with Gasteiger partial charge >= 0.3 is 0 Å². The Labute approximate surface area is 99.7 Å². The van der Waals surface area contributed by atoms with Crippen LogP contribution in [0.5, 0.6) is 0 Å². The summed E-state index contributed by atoms with van der Waals surface area (Å²) in [6.07, 6.45) is 6.17. The Hall–Kier alpha value is -1.35. The maximum absolute atomic E-state index is 12.2. The van der Waals surface area contributed by atoms with Gasteiger partial charge < -0.3 is 4.90 Å². The minimum Gasteiger partial charge on any atom is -0.334 e. The van der Waals surface area contributed by atoms with Gasteiger partial charge in [0, 0.05) is 25.5 Å². The summed E-state index contributed by atoms with van der Waals surface area (Å²) in [5, 5.41) is 0.416. The standard InChI is InChI=1S/C12H13ClN2O/c1-9-3-2-6-15(8-9)12(16)10-4-5-14-7-11(10)13/h3-5,7H,2,6,8H2,1H3. The van der Waals surface area contributed by atoms with Gasteiger partial charge in [-0.2, -0.15) is 0 Å². The summed E-state index contributed by atoms with van der Waals surface area (Å²) < 4.78 is 0. The first-order valence-corrected chi connectivity index (χ1v) is 5.60. The molecule has 0 aliphatic carbocycles. The van der Waals surface area contributed by atoms with Crippen molar-refractivity contribution in [2.24, 2.45) is 0 Å². The van der Waals surface area contributed by atoms with Gasteiger partial charge in [0.25, 0.3) is 5.91 Å². The molecule has 0 fully saturated rings. The van der Waals surface area contributed by atoms with E-state index in [1.807, 2.05) is 11.8 Å². The van der Waals surface area contributed by atoms with Crippen LogP contribution in [0.3, 0.4) is 0 Å². The van der Waals surface area contributed by atoms with Crippen LogP contribution in [0.15, 0.2) is 30.1 Å². The minimum absolute atomic E-state index is 0.0140. The molecule has 16 heavy (non-hydrogen) atoms. The molecule has 0 N–H and O–H groups in total. The fraction of sp³-hybridized carbons (Fsp3) is 0.333. The van der Waals surface area contributed by atoms with Crippen molar-refractivity contribution in [1.82, 2.24) is 9.88 Å². The molecule has 1 aliphatic rings. The lowest BCUT2D eigenvalue weighted by Gasteiger charge is -2.26. The smallest absolute Gasteiger partial charge is 0.255 e. The second-order valence-corrected chi connectivity index (χ2v) is 4.33. The number of rotatable bonds is 1. The third-order valence-corrected chi connectivity index (χ3v) is 2.92. The number of halogens is 1. The van der Waals surface area contributed by atoms with Gasteiger partial charge in [-0.3, -0.25) is 9.78 Å². The summed E-state index contributed by atoms with van der Waals surface area (Å²) in [4.78, 5) is 17.8. The number of aromatic nitrogens is 1. The molecule has 4 heteroatoms. The number of carbonyl (C=O) groups is 1. The third kappa shape index (κ3) is 2.25. The first-order valence-electron chi connectivity index (χ1n) is 5.23. The van der Waals surface area contributed by atoms with Gasteiger partial charge in [-0.1, -0.05) is 23.3 Å². The summed E-state index contributed by atoms with van der Waals surface area (Å²) in [6, 6.07) is 1.66. The molecule has 0 aromatic carbocycles. The molecule has 1 aliphatic heterocycles. The van der Waals surface area contributed by atoms with E-state index in [9.17, 15) is 4.79 Å². The van der Waals surface area contributed by atoms with E-state index >= 15 is 0 Å². The van der Waals surface area contributed by atoms with E-state index in [0.717, 1.165) is 13.0 Å². The Morgan fingerprint density at radius 3 is 3.06 bits per heavy atom. The van der Waals surface area contributed by atoms with Gasteiger partial charge in [0.15, 0.2) is 0 Å². The SMILES string of the molecule is CC1=CCCN(C(=O)c2ccncc2Cl)C1. The van der Waals surface area contributed by atoms with E-state index in [2.05, 4.69) is 11.1 Å². The van der Waals surface area contributed by atoms with Gasteiger partial charge in [-0.25, -0.2) is 0 Å². The van der Waals surface area contributed by atoms with E-state index in [0.29, 0.717) is 17.1 Å². The maximum atomic E-state index is 12.2. The zero-order valence-electron chi connectivity index (χ0n) is 9.11. The average Bonchev–Trinajstić information content (AvgIpc) is 2.29. The van der Waals surface area contributed by atoms with Gasteiger partial charge in [0.2, 0.25) is 0 Å². The highest BCUT2D eigenvalue weighted by atomic mass is 35.5. The van der Waals surface area contributed by atoms with Gasteiger partial charge in [-0.05, 0) is 19.4 Å². The molecule has 0 atom stereocenters. The highest BCUT2D eigenvalue weighted by Gasteiger charge is 2.19. The fourth-order valence-corrected chi connectivity index (χ4v) is 2.00. The summed E-state index contributed by atoms with van der Waals surface area (Å²) in [7, 11) is 0. The van der Waals surface area contributed by atoms with Crippen LogP contribution in [0.25, 0.3) is 0 Å². The molecule has 0 saturated carbocycles. The summed E-state index contributed by atoms with van der Waals surface area (Å²) >= 11 is 5.95. The quantitative estimate of drug-likeness (QED) is 0.702. The topological polar surface area (TPSA) is 33.2 Å².